The van der Waals surface area contributed by atoms with Gasteiger partial charge < -0.3 is 5.32 Å². The highest BCUT2D eigenvalue weighted by Crippen LogP contribution is 2.22. The van der Waals surface area contributed by atoms with E-state index in [4.69, 9.17) is 0 Å². The molecule has 0 atom stereocenters. The van der Waals surface area contributed by atoms with E-state index in [1.807, 2.05) is 84.9 Å². The molecule has 27 heavy (non-hydrogen) atoms. The van der Waals surface area contributed by atoms with E-state index in [2.05, 4.69) is 15.3 Å². The fourth-order valence-corrected chi connectivity index (χ4v) is 2.84. The first-order valence-corrected chi connectivity index (χ1v) is 8.69. The first-order chi connectivity index (χ1) is 13.3. The van der Waals surface area contributed by atoms with Gasteiger partial charge in [-0.25, -0.2) is 9.98 Å². The number of amidine groups is 1. The first-order valence-electron chi connectivity index (χ1n) is 8.69. The van der Waals surface area contributed by atoms with Crippen molar-refractivity contribution in [1.82, 2.24) is 9.88 Å². The van der Waals surface area contributed by atoms with E-state index in [0.717, 1.165) is 11.1 Å². The van der Waals surface area contributed by atoms with E-state index in [0.29, 0.717) is 17.4 Å². The van der Waals surface area contributed by atoms with Crippen LogP contribution < -0.4 is 5.32 Å². The lowest BCUT2D eigenvalue weighted by Crippen LogP contribution is -2.37. The minimum Gasteiger partial charge on any atom is -0.352 e. The molecule has 132 valence electrons. The Kier molecular flexibility index (Phi) is 4.74. The molecule has 0 unspecified atom stereocenters. The summed E-state index contributed by atoms with van der Waals surface area (Å²) in [6.45, 7) is 0.287. The molecule has 1 aliphatic heterocycles. The van der Waals surface area contributed by atoms with Crippen LogP contribution in [0.4, 0.5) is 5.82 Å². The van der Waals surface area contributed by atoms with Crippen LogP contribution in [0.1, 0.15) is 11.1 Å². The molecule has 2 aromatic carbocycles. The van der Waals surface area contributed by atoms with Crippen LogP contribution in [-0.2, 0) is 4.79 Å². The van der Waals surface area contributed by atoms with E-state index >= 15 is 0 Å². The minimum absolute atomic E-state index is 0.138. The fraction of sp³-hybridized carbons (Fsp3) is 0.0455. The number of carbonyl (C=O) groups excluding carboxylic acids is 1. The van der Waals surface area contributed by atoms with Gasteiger partial charge in [-0.05, 0) is 23.8 Å². The number of pyridine rings is 1. The Labute approximate surface area is 157 Å². The third-order valence-corrected chi connectivity index (χ3v) is 4.16. The maximum Gasteiger partial charge on any atom is 0.279 e. The third kappa shape index (κ3) is 3.77. The lowest BCUT2D eigenvalue weighted by molar-refractivity contribution is -0.122. The van der Waals surface area contributed by atoms with Crippen molar-refractivity contribution in [3.8, 4) is 0 Å². The molecule has 1 N–H and O–H groups in total. The maximum absolute atomic E-state index is 13.0. The van der Waals surface area contributed by atoms with Gasteiger partial charge in [0.2, 0.25) is 0 Å². The summed E-state index contributed by atoms with van der Waals surface area (Å²) in [7, 11) is 0. The molecule has 1 aliphatic rings. The lowest BCUT2D eigenvalue weighted by atomic mass is 10.2. The number of aromatic nitrogens is 1. The van der Waals surface area contributed by atoms with E-state index in [1.54, 1.807) is 11.1 Å². The van der Waals surface area contributed by atoms with Gasteiger partial charge in [-0.2, -0.15) is 0 Å². The largest absolute Gasteiger partial charge is 0.352 e. The summed E-state index contributed by atoms with van der Waals surface area (Å²) in [6, 6.07) is 25.0. The van der Waals surface area contributed by atoms with Crippen molar-refractivity contribution in [2.24, 2.45) is 4.99 Å². The Morgan fingerprint density at radius 2 is 1.59 bits per heavy atom. The van der Waals surface area contributed by atoms with Gasteiger partial charge in [0.1, 0.15) is 17.4 Å². The normalized spacial score (nSPS) is 15.1. The molecule has 0 bridgehead atoms. The quantitative estimate of drug-likeness (QED) is 0.710. The molecule has 2 heterocycles. The topological polar surface area (TPSA) is 57.6 Å². The zero-order chi connectivity index (χ0) is 18.5. The van der Waals surface area contributed by atoms with Gasteiger partial charge in [0, 0.05) is 11.8 Å². The summed E-state index contributed by atoms with van der Waals surface area (Å²) in [6.07, 6.45) is 3.52. The van der Waals surface area contributed by atoms with Gasteiger partial charge in [0.15, 0.2) is 0 Å². The van der Waals surface area contributed by atoms with Crippen LogP contribution in [0.15, 0.2) is 95.7 Å². The number of anilines is 1. The van der Waals surface area contributed by atoms with E-state index in [1.165, 1.54) is 0 Å². The summed E-state index contributed by atoms with van der Waals surface area (Å²) in [5.74, 6) is 1.20. The second kappa shape index (κ2) is 7.66. The van der Waals surface area contributed by atoms with Gasteiger partial charge in [-0.15, -0.1) is 0 Å². The summed E-state index contributed by atoms with van der Waals surface area (Å²) < 4.78 is 0. The number of nitrogens with one attached hydrogen (secondary N) is 1. The molecule has 1 aromatic heterocycles. The van der Waals surface area contributed by atoms with Crippen molar-refractivity contribution in [2.45, 2.75) is 0 Å². The fourth-order valence-electron chi connectivity index (χ4n) is 2.84. The summed E-state index contributed by atoms with van der Waals surface area (Å²) in [5.41, 5.74) is 2.25. The highest BCUT2D eigenvalue weighted by Gasteiger charge is 2.30. The Balaban J connectivity index is 1.65. The van der Waals surface area contributed by atoms with Crippen LogP contribution in [0.5, 0.6) is 0 Å². The van der Waals surface area contributed by atoms with Crippen LogP contribution in [-0.4, -0.2) is 28.3 Å². The predicted molar refractivity (Wildman–Crippen MR) is 107 cm³/mol. The summed E-state index contributed by atoms with van der Waals surface area (Å²) in [5, 5.41) is 3.19. The molecule has 0 fully saturated rings. The second-order valence-corrected chi connectivity index (χ2v) is 6.02. The van der Waals surface area contributed by atoms with Crippen LogP contribution in [0, 0.1) is 0 Å². The van der Waals surface area contributed by atoms with Crippen molar-refractivity contribution in [2.75, 3.05) is 12.0 Å². The summed E-state index contributed by atoms with van der Waals surface area (Å²) >= 11 is 0. The van der Waals surface area contributed by atoms with Gasteiger partial charge >= 0.3 is 0 Å². The van der Waals surface area contributed by atoms with Crippen LogP contribution >= 0.6 is 0 Å². The second-order valence-electron chi connectivity index (χ2n) is 6.02. The van der Waals surface area contributed by atoms with Crippen molar-refractivity contribution in [3.63, 3.8) is 0 Å². The average molecular weight is 354 g/mol. The molecule has 1 amide bonds. The molecular weight excluding hydrogens is 336 g/mol. The molecule has 0 spiro atoms. The first kappa shape index (κ1) is 16.7. The maximum atomic E-state index is 13.0. The molecule has 3 aromatic rings. The number of rotatable bonds is 5. The smallest absolute Gasteiger partial charge is 0.279 e. The van der Waals surface area contributed by atoms with Crippen molar-refractivity contribution >= 4 is 23.6 Å². The molecule has 4 rings (SSSR count). The van der Waals surface area contributed by atoms with Crippen LogP contribution in [0.25, 0.3) is 6.08 Å². The molecule has 0 saturated heterocycles. The van der Waals surface area contributed by atoms with Crippen LogP contribution in [0.3, 0.4) is 0 Å². The Bertz CT molecular complexity index is 983. The van der Waals surface area contributed by atoms with E-state index < -0.39 is 0 Å². The Morgan fingerprint density at radius 1 is 0.889 bits per heavy atom. The number of benzene rings is 2. The number of nitrogens with zero attached hydrogens (tertiary/aromatic N) is 3. The average Bonchev–Trinajstić information content (AvgIpc) is 3.04. The van der Waals surface area contributed by atoms with Crippen molar-refractivity contribution < 1.29 is 4.79 Å². The van der Waals surface area contributed by atoms with E-state index in [-0.39, 0.29) is 12.6 Å². The lowest BCUT2D eigenvalue weighted by Gasteiger charge is -2.19. The number of amides is 1. The summed E-state index contributed by atoms with van der Waals surface area (Å²) in [4.78, 5) is 23.5. The monoisotopic (exact) mass is 354 g/mol. The molecule has 0 radical (unpaired) electrons. The number of hydrogen-bond donors (Lipinski definition) is 1. The van der Waals surface area contributed by atoms with Gasteiger partial charge in [-0.3, -0.25) is 9.69 Å². The van der Waals surface area contributed by atoms with Gasteiger partial charge in [0.05, 0.1) is 6.67 Å². The predicted octanol–water partition coefficient (Wildman–Crippen LogP) is 3.78. The Morgan fingerprint density at radius 3 is 2.30 bits per heavy atom. The number of hydrogen-bond acceptors (Lipinski definition) is 4. The number of aliphatic imine (C=N–C) groups is 1. The van der Waals surface area contributed by atoms with Gasteiger partial charge in [-0.1, -0.05) is 66.7 Å². The number of carbonyl (C=O) groups is 1. The highest BCUT2D eigenvalue weighted by atomic mass is 16.2. The zero-order valence-corrected chi connectivity index (χ0v) is 14.6. The minimum atomic E-state index is -0.138. The van der Waals surface area contributed by atoms with Crippen LogP contribution in [0.2, 0.25) is 0 Å². The zero-order valence-electron chi connectivity index (χ0n) is 14.6. The van der Waals surface area contributed by atoms with E-state index in [9.17, 15) is 4.79 Å². The standard InChI is InChI=1S/C22H18N4O/c27-22-19(15-17-9-3-1-4-10-17)25-21(18-11-5-2-6-12-18)26(22)16-24-20-13-7-8-14-23-20/h1-15H,16H2,(H,23,24)/b19-15+. The molecule has 5 heteroatoms. The van der Waals surface area contributed by atoms with Crippen molar-refractivity contribution in [1.29, 1.82) is 0 Å². The molecule has 0 saturated carbocycles. The van der Waals surface area contributed by atoms with Crippen molar-refractivity contribution in [3.05, 3.63) is 102 Å². The molecule has 0 aliphatic carbocycles. The SMILES string of the molecule is O=C1/C(=C\c2ccccc2)N=C(c2ccccc2)N1CNc1ccccn1. The third-order valence-electron chi connectivity index (χ3n) is 4.16. The molecule has 5 nitrogen and oxygen atoms in total. The Hall–Kier alpha value is -3.73. The molecular formula is C22H18N4O. The highest BCUT2D eigenvalue weighted by molar-refractivity contribution is 6.19. The van der Waals surface area contributed by atoms with Gasteiger partial charge in [0.25, 0.3) is 5.91 Å².